The van der Waals surface area contributed by atoms with Gasteiger partial charge in [0.15, 0.2) is 0 Å². The van der Waals surface area contributed by atoms with E-state index < -0.39 is 0 Å². The summed E-state index contributed by atoms with van der Waals surface area (Å²) in [5.41, 5.74) is 3.07. The average molecular weight is 477 g/mol. The van der Waals surface area contributed by atoms with E-state index in [1.54, 1.807) is 13.1 Å². The zero-order valence-corrected chi connectivity index (χ0v) is 21.4. The third-order valence-corrected chi connectivity index (χ3v) is 6.76. The molecule has 35 heavy (non-hydrogen) atoms. The number of fused-ring (bicyclic) bond motifs is 1. The number of anilines is 1. The molecule has 186 valence electrons. The average Bonchev–Trinajstić information content (AvgIpc) is 3.27. The minimum absolute atomic E-state index is 0.0434. The van der Waals surface area contributed by atoms with Gasteiger partial charge in [0.1, 0.15) is 11.5 Å². The summed E-state index contributed by atoms with van der Waals surface area (Å²) in [5, 5.41) is 0.885. The quantitative estimate of drug-likeness (QED) is 0.549. The Morgan fingerprint density at radius 1 is 1.14 bits per heavy atom. The molecule has 0 aliphatic carbocycles. The first-order chi connectivity index (χ1) is 16.8. The number of carbonyl (C=O) groups excluding carboxylic acids is 2. The molecule has 0 unspecified atom stereocenters. The van der Waals surface area contributed by atoms with Crippen molar-refractivity contribution in [3.05, 3.63) is 42.2 Å². The van der Waals surface area contributed by atoms with Gasteiger partial charge in [-0.25, -0.2) is 9.97 Å². The van der Waals surface area contributed by atoms with E-state index in [0.29, 0.717) is 12.1 Å². The van der Waals surface area contributed by atoms with Crippen LogP contribution in [0.1, 0.15) is 57.3 Å². The van der Waals surface area contributed by atoms with Crippen LogP contribution in [-0.4, -0.2) is 75.3 Å². The maximum Gasteiger partial charge on any atom is 0.255 e. The van der Waals surface area contributed by atoms with Crippen LogP contribution in [0.15, 0.2) is 36.7 Å². The Hall–Kier alpha value is -3.42. The molecule has 4 heterocycles. The van der Waals surface area contributed by atoms with Gasteiger partial charge in [-0.05, 0) is 58.2 Å². The highest BCUT2D eigenvalue weighted by Crippen LogP contribution is 2.29. The summed E-state index contributed by atoms with van der Waals surface area (Å²) in [6.45, 7) is 10.0. The van der Waals surface area contributed by atoms with E-state index in [1.807, 2.05) is 61.2 Å². The predicted octanol–water partition coefficient (Wildman–Crippen LogP) is 4.33. The summed E-state index contributed by atoms with van der Waals surface area (Å²) < 4.78 is 0. The fraction of sp³-hybridized carbons (Fsp3) is 0.481. The Morgan fingerprint density at radius 3 is 2.57 bits per heavy atom. The number of hydrogen-bond acceptors (Lipinski definition) is 5. The summed E-state index contributed by atoms with van der Waals surface area (Å²) in [6.07, 6.45) is 6.86. The number of rotatable bonds is 7. The minimum Gasteiger partial charge on any atom is -0.358 e. The molecule has 1 N–H and O–H groups in total. The maximum absolute atomic E-state index is 13.0. The molecule has 0 bridgehead atoms. The van der Waals surface area contributed by atoms with Crippen molar-refractivity contribution < 1.29 is 9.59 Å². The molecule has 1 fully saturated rings. The number of aromatic nitrogens is 3. The summed E-state index contributed by atoms with van der Waals surface area (Å²) >= 11 is 0. The van der Waals surface area contributed by atoms with Crippen LogP contribution in [-0.2, 0) is 4.79 Å². The van der Waals surface area contributed by atoms with Crippen molar-refractivity contribution in [2.75, 3.05) is 31.6 Å². The first kappa shape index (κ1) is 24.7. The molecule has 1 aliphatic rings. The van der Waals surface area contributed by atoms with Crippen LogP contribution >= 0.6 is 0 Å². The van der Waals surface area contributed by atoms with Gasteiger partial charge in [-0.15, -0.1) is 0 Å². The fourth-order valence-electron chi connectivity index (χ4n) is 5.16. The molecule has 0 aromatic carbocycles. The molecular weight excluding hydrogens is 440 g/mol. The summed E-state index contributed by atoms with van der Waals surface area (Å²) in [4.78, 5) is 43.7. The zero-order chi connectivity index (χ0) is 25.1. The molecule has 1 aliphatic heterocycles. The minimum atomic E-state index is 0.0434. The molecule has 8 nitrogen and oxygen atoms in total. The Balaban J connectivity index is 1.59. The van der Waals surface area contributed by atoms with Gasteiger partial charge in [0.25, 0.3) is 5.91 Å². The van der Waals surface area contributed by atoms with Gasteiger partial charge >= 0.3 is 0 Å². The zero-order valence-electron chi connectivity index (χ0n) is 21.4. The number of pyridine rings is 2. The van der Waals surface area contributed by atoms with Crippen molar-refractivity contribution in [3.8, 4) is 11.3 Å². The van der Waals surface area contributed by atoms with Crippen molar-refractivity contribution in [2.45, 2.75) is 59.0 Å². The van der Waals surface area contributed by atoms with E-state index in [1.165, 1.54) is 6.42 Å². The van der Waals surface area contributed by atoms with Crippen LogP contribution in [0.25, 0.3) is 22.3 Å². The second kappa shape index (κ2) is 10.5. The van der Waals surface area contributed by atoms with Gasteiger partial charge in [0.05, 0.1) is 11.3 Å². The second-order valence-corrected chi connectivity index (χ2v) is 9.81. The highest BCUT2D eigenvalue weighted by Gasteiger charge is 2.22. The van der Waals surface area contributed by atoms with Gasteiger partial charge < -0.3 is 19.7 Å². The first-order valence-corrected chi connectivity index (χ1v) is 12.5. The lowest BCUT2D eigenvalue weighted by atomic mass is 10.1. The fourth-order valence-corrected chi connectivity index (χ4v) is 5.16. The maximum atomic E-state index is 13.0. The molecular formula is C27H36N6O2. The second-order valence-electron chi connectivity index (χ2n) is 9.81. The number of piperidine rings is 1. The lowest BCUT2D eigenvalue weighted by molar-refractivity contribution is -0.132. The van der Waals surface area contributed by atoms with Crippen LogP contribution in [0.5, 0.6) is 0 Å². The first-order valence-electron chi connectivity index (χ1n) is 12.5. The molecule has 4 rings (SSSR count). The number of likely N-dealkylation sites (N-methyl/N-ethyl adjacent to an activating group) is 1. The molecule has 0 spiro atoms. The normalized spacial score (nSPS) is 14.9. The molecule has 3 aromatic heterocycles. The van der Waals surface area contributed by atoms with Crippen LogP contribution in [0.3, 0.4) is 0 Å². The third-order valence-electron chi connectivity index (χ3n) is 6.76. The topological polar surface area (TPSA) is 85.4 Å². The number of aromatic amines is 1. The standard InChI is InChI=1S/C27H36N6O2/c1-18(2)33(20(4)34)19(3)17-31(5)25-11-9-10-24(30-25)23-16-29-26-22(23)14-21(15-28-26)27(35)32-12-7-6-8-13-32/h9-11,14-16,18-19H,6-8,12-13,17H2,1-5H3,(H,28,29)/t19-/m0/s1. The molecule has 0 saturated carbocycles. The Bertz CT molecular complexity index is 1200. The molecule has 1 saturated heterocycles. The number of carbonyl (C=O) groups is 2. The number of nitrogens with one attached hydrogen (secondary N) is 1. The van der Waals surface area contributed by atoms with Gasteiger partial charge in [-0.1, -0.05) is 6.07 Å². The van der Waals surface area contributed by atoms with E-state index in [0.717, 1.165) is 54.0 Å². The third kappa shape index (κ3) is 5.31. The van der Waals surface area contributed by atoms with Crippen LogP contribution in [0.4, 0.5) is 5.82 Å². The smallest absolute Gasteiger partial charge is 0.255 e. The van der Waals surface area contributed by atoms with Gasteiger partial charge in [0, 0.05) is 69.0 Å². The Labute approximate surface area is 207 Å². The summed E-state index contributed by atoms with van der Waals surface area (Å²) in [6, 6.07) is 8.04. The number of amides is 2. The van der Waals surface area contributed by atoms with Crippen molar-refractivity contribution >= 4 is 28.7 Å². The summed E-state index contributed by atoms with van der Waals surface area (Å²) in [7, 11) is 1.99. The van der Waals surface area contributed by atoms with Crippen molar-refractivity contribution in [3.63, 3.8) is 0 Å². The van der Waals surface area contributed by atoms with Gasteiger partial charge in [0.2, 0.25) is 5.91 Å². The number of H-pyrrole nitrogens is 1. The van der Waals surface area contributed by atoms with Crippen molar-refractivity contribution in [2.24, 2.45) is 0 Å². The molecule has 1 atom stereocenters. The largest absolute Gasteiger partial charge is 0.358 e. The predicted molar refractivity (Wildman–Crippen MR) is 139 cm³/mol. The number of likely N-dealkylation sites (tertiary alicyclic amines) is 1. The van der Waals surface area contributed by atoms with E-state index in [2.05, 4.69) is 21.8 Å². The Morgan fingerprint density at radius 2 is 1.89 bits per heavy atom. The molecule has 2 amide bonds. The van der Waals surface area contributed by atoms with Crippen LogP contribution in [0.2, 0.25) is 0 Å². The number of nitrogens with zero attached hydrogens (tertiary/aromatic N) is 5. The summed E-state index contributed by atoms with van der Waals surface area (Å²) in [5.74, 6) is 0.940. The highest BCUT2D eigenvalue weighted by molar-refractivity contribution is 6.00. The molecule has 8 heteroatoms. The van der Waals surface area contributed by atoms with E-state index in [9.17, 15) is 9.59 Å². The monoisotopic (exact) mass is 476 g/mol. The van der Waals surface area contributed by atoms with Crippen molar-refractivity contribution in [1.82, 2.24) is 24.8 Å². The lowest BCUT2D eigenvalue weighted by Gasteiger charge is -2.34. The molecule has 3 aromatic rings. The van der Waals surface area contributed by atoms with E-state index >= 15 is 0 Å². The SMILES string of the molecule is CC(=O)N(C(C)C)[C@@H](C)CN(C)c1cccc(-c2c[nH]c3ncc(C(=O)N4CCCCC4)cc23)n1. The lowest BCUT2D eigenvalue weighted by Crippen LogP contribution is -2.47. The highest BCUT2D eigenvalue weighted by atomic mass is 16.2. The van der Waals surface area contributed by atoms with Gasteiger partial charge in [-0.3, -0.25) is 9.59 Å². The van der Waals surface area contributed by atoms with E-state index in [-0.39, 0.29) is 23.9 Å². The number of hydrogen-bond donors (Lipinski definition) is 1. The van der Waals surface area contributed by atoms with Crippen molar-refractivity contribution in [1.29, 1.82) is 0 Å². The van der Waals surface area contributed by atoms with E-state index in [4.69, 9.17) is 4.98 Å². The Kier molecular flexibility index (Phi) is 7.38. The van der Waals surface area contributed by atoms with Gasteiger partial charge in [-0.2, -0.15) is 0 Å². The van der Waals surface area contributed by atoms with Crippen LogP contribution in [0, 0.1) is 0 Å². The molecule has 0 radical (unpaired) electrons. The van der Waals surface area contributed by atoms with Crippen LogP contribution < -0.4 is 4.90 Å².